The van der Waals surface area contributed by atoms with Gasteiger partial charge < -0.3 is 9.73 Å². The summed E-state index contributed by atoms with van der Waals surface area (Å²) < 4.78 is 7.42. The third-order valence-electron chi connectivity index (χ3n) is 2.83. The van der Waals surface area contributed by atoms with Gasteiger partial charge in [-0.15, -0.1) is 0 Å². The van der Waals surface area contributed by atoms with Gasteiger partial charge in [0.2, 0.25) is 0 Å². The van der Waals surface area contributed by atoms with Gasteiger partial charge in [0.1, 0.15) is 11.5 Å². The normalized spacial score (nSPS) is 12.9. The molecule has 2 heterocycles. The van der Waals surface area contributed by atoms with Gasteiger partial charge in [-0.3, -0.25) is 4.68 Å². The Kier molecular flexibility index (Phi) is 3.33. The molecule has 2 aromatic heterocycles. The van der Waals surface area contributed by atoms with Crippen molar-refractivity contribution in [2.45, 2.75) is 26.8 Å². The Morgan fingerprint density at radius 2 is 2.24 bits per heavy atom. The molecule has 0 aliphatic rings. The molecule has 17 heavy (non-hydrogen) atoms. The third-order valence-corrected chi connectivity index (χ3v) is 2.83. The van der Waals surface area contributed by atoms with Crippen molar-refractivity contribution in [3.8, 4) is 0 Å². The molecular formula is C13H19N3O. The van der Waals surface area contributed by atoms with Crippen LogP contribution in [0, 0.1) is 13.8 Å². The van der Waals surface area contributed by atoms with Crippen LogP contribution in [0.1, 0.15) is 35.7 Å². The first-order valence-electron chi connectivity index (χ1n) is 5.91. The van der Waals surface area contributed by atoms with Crippen LogP contribution >= 0.6 is 0 Å². The smallest absolute Gasteiger partial charge is 0.106 e. The van der Waals surface area contributed by atoms with Crippen molar-refractivity contribution in [3.63, 3.8) is 0 Å². The SMILES string of the molecule is CCNC(c1ccn(C)n1)c1cc(C)oc1C. The summed E-state index contributed by atoms with van der Waals surface area (Å²) in [7, 11) is 1.93. The number of aromatic nitrogens is 2. The monoisotopic (exact) mass is 233 g/mol. The summed E-state index contributed by atoms with van der Waals surface area (Å²) in [5.74, 6) is 1.90. The molecule has 0 aliphatic carbocycles. The zero-order valence-electron chi connectivity index (χ0n) is 10.8. The summed E-state index contributed by atoms with van der Waals surface area (Å²) in [6, 6.07) is 4.23. The summed E-state index contributed by atoms with van der Waals surface area (Å²) in [6.07, 6.45) is 1.96. The van der Waals surface area contributed by atoms with Crippen LogP contribution in [0.25, 0.3) is 0 Å². The molecule has 0 bridgehead atoms. The minimum atomic E-state index is 0.110. The average molecular weight is 233 g/mol. The lowest BCUT2D eigenvalue weighted by molar-refractivity contribution is 0.493. The molecule has 0 aromatic carbocycles. The Morgan fingerprint density at radius 1 is 1.47 bits per heavy atom. The largest absolute Gasteiger partial charge is 0.466 e. The van der Waals surface area contributed by atoms with Crippen molar-refractivity contribution in [3.05, 3.63) is 41.1 Å². The van der Waals surface area contributed by atoms with E-state index in [1.54, 1.807) is 0 Å². The van der Waals surface area contributed by atoms with Crippen molar-refractivity contribution in [2.24, 2.45) is 7.05 Å². The van der Waals surface area contributed by atoms with Crippen LogP contribution in [0.5, 0.6) is 0 Å². The number of hydrogen-bond donors (Lipinski definition) is 1. The lowest BCUT2D eigenvalue weighted by Crippen LogP contribution is -2.22. The Morgan fingerprint density at radius 3 is 2.71 bits per heavy atom. The second-order valence-corrected chi connectivity index (χ2v) is 4.27. The number of furan rings is 1. The van der Waals surface area contributed by atoms with Gasteiger partial charge >= 0.3 is 0 Å². The summed E-state index contributed by atoms with van der Waals surface area (Å²) in [5, 5.41) is 7.92. The van der Waals surface area contributed by atoms with Gasteiger partial charge in [-0.1, -0.05) is 6.92 Å². The maximum atomic E-state index is 5.60. The molecule has 0 radical (unpaired) electrons. The fourth-order valence-electron chi connectivity index (χ4n) is 2.10. The van der Waals surface area contributed by atoms with Gasteiger partial charge in [-0.25, -0.2) is 0 Å². The zero-order valence-corrected chi connectivity index (χ0v) is 10.8. The number of rotatable bonds is 4. The predicted molar refractivity (Wildman–Crippen MR) is 66.9 cm³/mol. The van der Waals surface area contributed by atoms with Crippen LogP contribution in [-0.4, -0.2) is 16.3 Å². The van der Waals surface area contributed by atoms with E-state index in [2.05, 4.69) is 23.4 Å². The first-order chi connectivity index (χ1) is 8.11. The van der Waals surface area contributed by atoms with Gasteiger partial charge in [0.15, 0.2) is 0 Å². The molecule has 0 aliphatic heterocycles. The van der Waals surface area contributed by atoms with E-state index in [0.29, 0.717) is 0 Å². The van der Waals surface area contributed by atoms with Gasteiger partial charge in [0, 0.05) is 18.8 Å². The molecular weight excluding hydrogens is 214 g/mol. The highest BCUT2D eigenvalue weighted by Crippen LogP contribution is 2.26. The first kappa shape index (κ1) is 11.9. The second kappa shape index (κ2) is 4.75. The van der Waals surface area contributed by atoms with E-state index < -0.39 is 0 Å². The maximum absolute atomic E-state index is 5.60. The first-order valence-corrected chi connectivity index (χ1v) is 5.91. The Hall–Kier alpha value is -1.55. The molecule has 0 fully saturated rings. The van der Waals surface area contributed by atoms with E-state index in [-0.39, 0.29) is 6.04 Å². The van der Waals surface area contributed by atoms with Crippen molar-refractivity contribution in [1.82, 2.24) is 15.1 Å². The van der Waals surface area contributed by atoms with E-state index in [9.17, 15) is 0 Å². The average Bonchev–Trinajstić information content (AvgIpc) is 2.82. The molecule has 0 spiro atoms. The number of aryl methyl sites for hydroxylation is 3. The molecule has 4 nitrogen and oxygen atoms in total. The van der Waals surface area contributed by atoms with Crippen LogP contribution in [0.2, 0.25) is 0 Å². The standard InChI is InChI=1S/C13H19N3O/c1-5-14-13(12-6-7-16(4)15-12)11-8-9(2)17-10(11)3/h6-8,13-14H,5H2,1-4H3. The number of hydrogen-bond acceptors (Lipinski definition) is 3. The number of nitrogens with one attached hydrogen (secondary N) is 1. The van der Waals surface area contributed by atoms with Gasteiger partial charge in [0.25, 0.3) is 0 Å². The highest BCUT2D eigenvalue weighted by atomic mass is 16.3. The summed E-state index contributed by atoms with van der Waals surface area (Å²) in [6.45, 7) is 6.96. The quantitative estimate of drug-likeness (QED) is 0.881. The third kappa shape index (κ3) is 2.42. The summed E-state index contributed by atoms with van der Waals surface area (Å²) in [5.41, 5.74) is 2.20. The predicted octanol–water partition coefficient (Wildman–Crippen LogP) is 2.33. The second-order valence-electron chi connectivity index (χ2n) is 4.27. The van der Waals surface area contributed by atoms with Gasteiger partial charge in [0.05, 0.1) is 11.7 Å². The van der Waals surface area contributed by atoms with Gasteiger partial charge in [-0.2, -0.15) is 5.10 Å². The Bertz CT molecular complexity index is 498. The van der Waals surface area contributed by atoms with Crippen molar-refractivity contribution in [1.29, 1.82) is 0 Å². The topological polar surface area (TPSA) is 43.0 Å². The molecule has 2 rings (SSSR count). The van der Waals surface area contributed by atoms with E-state index in [0.717, 1.165) is 23.8 Å². The van der Waals surface area contributed by atoms with Crippen LogP contribution in [0.4, 0.5) is 0 Å². The highest BCUT2D eigenvalue weighted by Gasteiger charge is 2.20. The van der Waals surface area contributed by atoms with Crippen LogP contribution < -0.4 is 5.32 Å². The van der Waals surface area contributed by atoms with E-state index in [1.807, 2.05) is 37.8 Å². The number of nitrogens with zero attached hydrogens (tertiary/aromatic N) is 2. The summed E-state index contributed by atoms with van der Waals surface area (Å²) in [4.78, 5) is 0. The zero-order chi connectivity index (χ0) is 12.4. The maximum Gasteiger partial charge on any atom is 0.106 e. The lowest BCUT2D eigenvalue weighted by atomic mass is 10.0. The van der Waals surface area contributed by atoms with Crippen LogP contribution in [0.3, 0.4) is 0 Å². The fourth-order valence-corrected chi connectivity index (χ4v) is 2.10. The van der Waals surface area contributed by atoms with E-state index >= 15 is 0 Å². The molecule has 0 amide bonds. The van der Waals surface area contributed by atoms with Crippen LogP contribution in [-0.2, 0) is 7.05 Å². The van der Waals surface area contributed by atoms with Crippen molar-refractivity contribution in [2.75, 3.05) is 6.54 Å². The van der Waals surface area contributed by atoms with E-state index in [4.69, 9.17) is 4.42 Å². The molecule has 1 unspecified atom stereocenters. The van der Waals surface area contributed by atoms with Crippen LogP contribution in [0.15, 0.2) is 22.7 Å². The molecule has 0 saturated heterocycles. The molecule has 1 atom stereocenters. The molecule has 0 saturated carbocycles. The molecule has 4 heteroatoms. The molecule has 1 N–H and O–H groups in total. The molecule has 2 aromatic rings. The Balaban J connectivity index is 2.38. The molecule has 92 valence electrons. The minimum absolute atomic E-state index is 0.110. The van der Waals surface area contributed by atoms with Crippen molar-refractivity contribution >= 4 is 0 Å². The Labute approximate surface area is 102 Å². The lowest BCUT2D eigenvalue weighted by Gasteiger charge is -2.14. The highest BCUT2D eigenvalue weighted by molar-refractivity contribution is 5.30. The van der Waals surface area contributed by atoms with Gasteiger partial charge in [-0.05, 0) is 32.5 Å². The van der Waals surface area contributed by atoms with E-state index in [1.165, 1.54) is 5.56 Å². The van der Waals surface area contributed by atoms with Crippen molar-refractivity contribution < 1.29 is 4.42 Å². The fraction of sp³-hybridized carbons (Fsp3) is 0.462. The minimum Gasteiger partial charge on any atom is -0.466 e. The summed E-state index contributed by atoms with van der Waals surface area (Å²) >= 11 is 0.